The number of carbonyl (C=O) groups excluding carboxylic acids is 1. The summed E-state index contributed by atoms with van der Waals surface area (Å²) in [6.07, 6.45) is 0. The number of rotatable bonds is 5. The average molecular weight is 319 g/mol. The molecule has 1 aromatic rings. The zero-order valence-corrected chi connectivity index (χ0v) is 12.5. The summed E-state index contributed by atoms with van der Waals surface area (Å²) in [5, 5.41) is 2.31. The highest BCUT2D eigenvalue weighted by Crippen LogP contribution is 2.18. The van der Waals surface area contributed by atoms with Crippen molar-refractivity contribution in [3.05, 3.63) is 29.6 Å². The van der Waals surface area contributed by atoms with Gasteiger partial charge >= 0.3 is 0 Å². The number of halogens is 1. The summed E-state index contributed by atoms with van der Waals surface area (Å²) >= 11 is 4.65. The van der Waals surface area contributed by atoms with E-state index in [4.69, 9.17) is 5.73 Å². The van der Waals surface area contributed by atoms with Crippen LogP contribution in [-0.2, 0) is 14.8 Å². The lowest BCUT2D eigenvalue weighted by atomic mass is 10.2. The summed E-state index contributed by atoms with van der Waals surface area (Å²) in [5.41, 5.74) is 5.17. The van der Waals surface area contributed by atoms with Gasteiger partial charge in [-0.25, -0.2) is 12.8 Å². The van der Waals surface area contributed by atoms with Gasteiger partial charge in [0.1, 0.15) is 10.8 Å². The van der Waals surface area contributed by atoms with Gasteiger partial charge in [-0.05, 0) is 18.2 Å². The Bertz CT molecular complexity index is 646. The number of nitrogens with zero attached hydrogens (tertiary/aromatic N) is 1. The Morgan fingerprint density at radius 2 is 2.10 bits per heavy atom. The first-order valence-corrected chi connectivity index (χ1v) is 7.31. The first kappa shape index (κ1) is 16.5. The number of nitrogens with two attached hydrogens (primary N) is 1. The summed E-state index contributed by atoms with van der Waals surface area (Å²) < 4.78 is 38.7. The van der Waals surface area contributed by atoms with Gasteiger partial charge in [0.15, 0.2) is 0 Å². The van der Waals surface area contributed by atoms with Crippen molar-refractivity contribution >= 4 is 33.1 Å². The third-order valence-corrected chi connectivity index (χ3v) is 4.58. The van der Waals surface area contributed by atoms with E-state index in [2.05, 4.69) is 17.5 Å². The predicted octanol–water partition coefficient (Wildman–Crippen LogP) is -0.174. The van der Waals surface area contributed by atoms with Crippen LogP contribution in [0.2, 0.25) is 0 Å². The minimum Gasteiger partial charge on any atom is -0.389 e. The third kappa shape index (κ3) is 3.50. The van der Waals surface area contributed by atoms with Crippen LogP contribution in [-0.4, -0.2) is 44.3 Å². The number of sulfonamides is 1. The van der Waals surface area contributed by atoms with E-state index in [9.17, 15) is 17.6 Å². The number of hydrogen-bond acceptors (Lipinski definition) is 4. The fraction of sp³-hybridized carbons (Fsp3) is 0.273. The zero-order chi connectivity index (χ0) is 15.5. The van der Waals surface area contributed by atoms with Gasteiger partial charge in [-0.3, -0.25) is 4.79 Å². The number of hydrogen-bond donors (Lipinski definition) is 2. The van der Waals surface area contributed by atoms with Gasteiger partial charge in [0.25, 0.3) is 0 Å². The van der Waals surface area contributed by atoms with Gasteiger partial charge < -0.3 is 11.1 Å². The molecule has 0 aliphatic rings. The molecule has 0 unspecified atom stereocenters. The molecule has 20 heavy (non-hydrogen) atoms. The van der Waals surface area contributed by atoms with Crippen molar-refractivity contribution < 1.29 is 17.6 Å². The molecule has 0 bridgehead atoms. The van der Waals surface area contributed by atoms with Crippen LogP contribution >= 0.6 is 12.2 Å². The maximum Gasteiger partial charge on any atom is 0.243 e. The van der Waals surface area contributed by atoms with Gasteiger partial charge in [-0.15, -0.1) is 0 Å². The van der Waals surface area contributed by atoms with Crippen LogP contribution in [0, 0.1) is 5.82 Å². The fourth-order valence-corrected chi connectivity index (χ4v) is 2.71. The molecule has 0 aliphatic heterocycles. The van der Waals surface area contributed by atoms with E-state index in [1.54, 1.807) is 0 Å². The first-order valence-electron chi connectivity index (χ1n) is 5.46. The Hall–Kier alpha value is -1.58. The molecule has 0 saturated carbocycles. The molecule has 0 heterocycles. The van der Waals surface area contributed by atoms with Gasteiger partial charge in [0.2, 0.25) is 15.9 Å². The summed E-state index contributed by atoms with van der Waals surface area (Å²) in [7, 11) is -1.29. The molecule has 9 heteroatoms. The smallest absolute Gasteiger partial charge is 0.243 e. The highest BCUT2D eigenvalue weighted by Gasteiger charge is 2.24. The molecule has 0 fully saturated rings. The van der Waals surface area contributed by atoms with Gasteiger partial charge in [0.05, 0.1) is 11.4 Å². The summed E-state index contributed by atoms with van der Waals surface area (Å²) in [4.78, 5) is 10.8. The molecule has 3 N–H and O–H groups in total. The molecule has 1 aromatic carbocycles. The third-order valence-electron chi connectivity index (χ3n) is 2.56. The molecule has 0 aromatic heterocycles. The van der Waals surface area contributed by atoms with Gasteiger partial charge in [-0.2, -0.15) is 4.31 Å². The number of carbonyl (C=O) groups is 1. The molecule has 6 nitrogen and oxygen atoms in total. The second-order valence-corrected chi connectivity index (χ2v) is 6.42. The maximum absolute atomic E-state index is 13.4. The lowest BCUT2D eigenvalue weighted by molar-refractivity contribution is -0.120. The number of thiocarbonyl (C=S) groups is 1. The topological polar surface area (TPSA) is 92.5 Å². The number of amides is 1. The molecule has 0 saturated heterocycles. The van der Waals surface area contributed by atoms with Crippen molar-refractivity contribution in [2.45, 2.75) is 4.90 Å². The largest absolute Gasteiger partial charge is 0.389 e. The molecule has 0 radical (unpaired) electrons. The van der Waals surface area contributed by atoms with Crippen LogP contribution < -0.4 is 11.1 Å². The standard InChI is InChI=1S/C11H14FN3O3S2/c1-14-10(16)6-15(2)20(17,18)7-3-4-9(12)8(5-7)11(13)19/h3-5H,6H2,1-2H3,(H2,13,19)(H,14,16). The van der Waals surface area contributed by atoms with E-state index in [0.29, 0.717) is 0 Å². The van der Waals surface area contributed by atoms with E-state index < -0.39 is 21.7 Å². The molecular weight excluding hydrogens is 305 g/mol. The Labute approximate surface area is 121 Å². The molecule has 0 aliphatic carbocycles. The summed E-state index contributed by atoms with van der Waals surface area (Å²) in [6.45, 7) is -0.349. The van der Waals surface area contributed by atoms with Crippen molar-refractivity contribution in [3.63, 3.8) is 0 Å². The molecule has 0 spiro atoms. The van der Waals surface area contributed by atoms with E-state index in [1.165, 1.54) is 14.1 Å². The van der Waals surface area contributed by atoms with Crippen molar-refractivity contribution in [2.24, 2.45) is 5.73 Å². The number of nitrogens with one attached hydrogen (secondary N) is 1. The number of likely N-dealkylation sites (N-methyl/N-ethyl adjacent to an activating group) is 2. The quantitative estimate of drug-likeness (QED) is 0.735. The van der Waals surface area contributed by atoms with Crippen molar-refractivity contribution in [3.8, 4) is 0 Å². The van der Waals surface area contributed by atoms with E-state index in [0.717, 1.165) is 22.5 Å². The fourth-order valence-electron chi connectivity index (χ4n) is 1.40. The van der Waals surface area contributed by atoms with Crippen molar-refractivity contribution in [1.82, 2.24) is 9.62 Å². The Morgan fingerprint density at radius 1 is 1.50 bits per heavy atom. The highest BCUT2D eigenvalue weighted by atomic mass is 32.2. The number of benzene rings is 1. The molecule has 0 atom stereocenters. The van der Waals surface area contributed by atoms with Gasteiger partial charge in [-0.1, -0.05) is 12.2 Å². The van der Waals surface area contributed by atoms with Crippen LogP contribution in [0.1, 0.15) is 5.56 Å². The minimum absolute atomic E-state index is 0.158. The zero-order valence-electron chi connectivity index (χ0n) is 10.9. The Balaban J connectivity index is 3.19. The van der Waals surface area contributed by atoms with Crippen molar-refractivity contribution in [1.29, 1.82) is 0 Å². The first-order chi connectivity index (χ1) is 9.20. The second kappa shape index (κ2) is 6.25. The van der Waals surface area contributed by atoms with Gasteiger partial charge in [0, 0.05) is 19.7 Å². The van der Waals surface area contributed by atoms with Crippen LogP contribution in [0.15, 0.2) is 23.1 Å². The van der Waals surface area contributed by atoms with Crippen LogP contribution in [0.4, 0.5) is 4.39 Å². The second-order valence-electron chi connectivity index (χ2n) is 3.94. The SMILES string of the molecule is CNC(=O)CN(C)S(=O)(=O)c1ccc(F)c(C(N)=S)c1. The van der Waals surface area contributed by atoms with E-state index in [-0.39, 0.29) is 22.0 Å². The van der Waals surface area contributed by atoms with E-state index >= 15 is 0 Å². The maximum atomic E-state index is 13.4. The summed E-state index contributed by atoms with van der Waals surface area (Å²) in [5.74, 6) is -1.17. The molecular formula is C11H14FN3O3S2. The average Bonchev–Trinajstić information content (AvgIpc) is 2.38. The molecule has 1 rings (SSSR count). The lowest BCUT2D eigenvalue weighted by Crippen LogP contribution is -2.37. The summed E-state index contributed by atoms with van der Waals surface area (Å²) in [6, 6.07) is 3.11. The van der Waals surface area contributed by atoms with Crippen LogP contribution in [0.5, 0.6) is 0 Å². The van der Waals surface area contributed by atoms with E-state index in [1.807, 2.05) is 0 Å². The van der Waals surface area contributed by atoms with Crippen molar-refractivity contribution in [2.75, 3.05) is 20.6 Å². The minimum atomic E-state index is -3.93. The monoisotopic (exact) mass is 319 g/mol. The normalized spacial score (nSPS) is 11.4. The van der Waals surface area contributed by atoms with Crippen LogP contribution in [0.25, 0.3) is 0 Å². The van der Waals surface area contributed by atoms with Crippen LogP contribution in [0.3, 0.4) is 0 Å². The Morgan fingerprint density at radius 3 is 2.60 bits per heavy atom. The Kier molecular flexibility index (Phi) is 5.15. The molecule has 1 amide bonds. The lowest BCUT2D eigenvalue weighted by Gasteiger charge is -2.16. The predicted molar refractivity (Wildman–Crippen MR) is 76.2 cm³/mol. The highest BCUT2D eigenvalue weighted by molar-refractivity contribution is 7.89. The molecule has 110 valence electrons.